The van der Waals surface area contributed by atoms with Crippen molar-refractivity contribution in [2.45, 2.75) is 63.8 Å². The first-order valence-corrected chi connectivity index (χ1v) is 10.9. The highest BCUT2D eigenvalue weighted by Crippen LogP contribution is 2.38. The van der Waals surface area contributed by atoms with Crippen LogP contribution in [0.4, 0.5) is 0 Å². The van der Waals surface area contributed by atoms with Gasteiger partial charge in [0.25, 0.3) is 5.91 Å². The van der Waals surface area contributed by atoms with Gasteiger partial charge in [0.2, 0.25) is 10.0 Å². The second kappa shape index (κ2) is 8.85. The third kappa shape index (κ3) is 5.78. The van der Waals surface area contributed by atoms with E-state index in [1.54, 1.807) is 0 Å². The second-order valence-corrected chi connectivity index (χ2v) is 9.93. The highest BCUT2D eigenvalue weighted by molar-refractivity contribution is 7.89. The van der Waals surface area contributed by atoms with Crippen LogP contribution in [-0.4, -0.2) is 26.9 Å². The summed E-state index contributed by atoms with van der Waals surface area (Å²) in [5.74, 6) is 0.261. The molecule has 1 fully saturated rings. The molecule has 2 N–H and O–H groups in total. The molecule has 2 rings (SSSR count). The van der Waals surface area contributed by atoms with Crippen molar-refractivity contribution in [2.75, 3.05) is 6.54 Å². The van der Waals surface area contributed by atoms with Gasteiger partial charge in [-0.25, -0.2) is 13.1 Å². The highest BCUT2D eigenvalue weighted by atomic mass is 32.2. The number of nitriles is 1. The van der Waals surface area contributed by atoms with E-state index in [2.05, 4.69) is 30.8 Å². The largest absolute Gasteiger partial charge is 0.349 e. The van der Waals surface area contributed by atoms with Gasteiger partial charge in [0.1, 0.15) is 0 Å². The van der Waals surface area contributed by atoms with E-state index in [4.69, 9.17) is 5.26 Å². The van der Waals surface area contributed by atoms with E-state index in [0.717, 1.165) is 19.3 Å². The molecular weight excluding hydrogens is 362 g/mol. The van der Waals surface area contributed by atoms with Gasteiger partial charge in [-0.2, -0.15) is 5.26 Å². The van der Waals surface area contributed by atoms with Crippen LogP contribution < -0.4 is 10.0 Å². The number of sulfonamides is 1. The van der Waals surface area contributed by atoms with Crippen LogP contribution in [-0.2, 0) is 10.0 Å². The Morgan fingerprint density at radius 1 is 1.19 bits per heavy atom. The quantitative estimate of drug-likeness (QED) is 0.727. The summed E-state index contributed by atoms with van der Waals surface area (Å²) >= 11 is 0. The molecular formula is C20H29N3O3S. The topological polar surface area (TPSA) is 99.1 Å². The minimum atomic E-state index is -3.66. The van der Waals surface area contributed by atoms with Crippen molar-refractivity contribution in [3.05, 3.63) is 29.8 Å². The van der Waals surface area contributed by atoms with Crippen LogP contribution in [0.2, 0.25) is 0 Å². The lowest BCUT2D eigenvalue weighted by atomic mass is 9.69. The van der Waals surface area contributed by atoms with Crippen molar-refractivity contribution in [2.24, 2.45) is 11.3 Å². The summed E-state index contributed by atoms with van der Waals surface area (Å²) in [6.07, 6.45) is 4.50. The predicted octanol–water partition coefficient (Wildman–Crippen LogP) is 3.21. The van der Waals surface area contributed by atoms with Crippen molar-refractivity contribution in [3.63, 3.8) is 0 Å². The first-order chi connectivity index (χ1) is 12.6. The number of carbonyl (C=O) groups excluding carboxylic acids is 1. The molecule has 6 nitrogen and oxygen atoms in total. The maximum atomic E-state index is 12.6. The minimum Gasteiger partial charge on any atom is -0.349 e. The van der Waals surface area contributed by atoms with Crippen LogP contribution >= 0.6 is 0 Å². The van der Waals surface area contributed by atoms with Crippen molar-refractivity contribution in [1.29, 1.82) is 5.26 Å². The molecule has 1 aromatic carbocycles. The first kappa shape index (κ1) is 21.4. The van der Waals surface area contributed by atoms with Gasteiger partial charge in [-0.3, -0.25) is 4.79 Å². The van der Waals surface area contributed by atoms with Crippen molar-refractivity contribution < 1.29 is 13.2 Å². The fourth-order valence-corrected chi connectivity index (χ4v) is 4.73. The second-order valence-electron chi connectivity index (χ2n) is 8.17. The maximum Gasteiger partial charge on any atom is 0.251 e. The molecule has 2 unspecified atom stereocenters. The molecule has 7 heteroatoms. The first-order valence-electron chi connectivity index (χ1n) is 9.42. The number of benzene rings is 1. The van der Waals surface area contributed by atoms with Gasteiger partial charge in [0.05, 0.1) is 11.0 Å². The molecule has 148 valence electrons. The lowest BCUT2D eigenvalue weighted by molar-refractivity contribution is 0.0830. The number of amides is 1. The van der Waals surface area contributed by atoms with Crippen molar-refractivity contribution in [3.8, 4) is 6.07 Å². The molecule has 1 aromatic rings. The summed E-state index contributed by atoms with van der Waals surface area (Å²) in [5, 5.41) is 11.7. The fourth-order valence-electron chi connectivity index (χ4n) is 3.70. The average Bonchev–Trinajstić information content (AvgIpc) is 2.61. The zero-order valence-corrected chi connectivity index (χ0v) is 17.1. The minimum absolute atomic E-state index is 0.0664. The Balaban J connectivity index is 2.06. The summed E-state index contributed by atoms with van der Waals surface area (Å²) < 4.78 is 26.6. The van der Waals surface area contributed by atoms with Crippen LogP contribution in [0.15, 0.2) is 29.2 Å². The Morgan fingerprint density at radius 3 is 2.41 bits per heavy atom. The van der Waals surface area contributed by atoms with Gasteiger partial charge in [-0.1, -0.05) is 33.6 Å². The van der Waals surface area contributed by atoms with Gasteiger partial charge in [-0.15, -0.1) is 0 Å². The molecule has 1 aliphatic rings. The van der Waals surface area contributed by atoms with Crippen LogP contribution in [0.1, 0.15) is 63.2 Å². The third-order valence-electron chi connectivity index (χ3n) is 5.15. The summed E-state index contributed by atoms with van der Waals surface area (Å²) in [7, 11) is -3.66. The number of rotatable bonds is 6. The Labute approximate surface area is 162 Å². The zero-order chi connectivity index (χ0) is 20.1. The molecule has 0 aliphatic heterocycles. The van der Waals surface area contributed by atoms with Crippen LogP contribution in [0, 0.1) is 22.7 Å². The maximum absolute atomic E-state index is 12.6. The van der Waals surface area contributed by atoms with E-state index < -0.39 is 10.0 Å². The number of nitrogens with zero attached hydrogens (tertiary/aromatic N) is 1. The van der Waals surface area contributed by atoms with Gasteiger partial charge in [0.15, 0.2) is 0 Å². The summed E-state index contributed by atoms with van der Waals surface area (Å²) in [5.41, 5.74) is 0.579. The fraction of sp³-hybridized carbons (Fsp3) is 0.600. The molecule has 1 amide bonds. The number of hydrogen-bond donors (Lipinski definition) is 2. The lowest BCUT2D eigenvalue weighted by Crippen LogP contribution is -2.46. The Kier molecular flexibility index (Phi) is 7.01. The molecule has 1 aliphatic carbocycles. The highest BCUT2D eigenvalue weighted by Gasteiger charge is 2.35. The lowest BCUT2D eigenvalue weighted by Gasteiger charge is -2.40. The number of carbonyl (C=O) groups is 1. The molecule has 0 radical (unpaired) electrons. The van der Waals surface area contributed by atoms with E-state index in [9.17, 15) is 13.2 Å². The molecule has 0 spiro atoms. The van der Waals surface area contributed by atoms with E-state index in [1.807, 2.05) is 6.07 Å². The van der Waals surface area contributed by atoms with E-state index >= 15 is 0 Å². The van der Waals surface area contributed by atoms with E-state index in [0.29, 0.717) is 11.5 Å². The van der Waals surface area contributed by atoms with Crippen LogP contribution in [0.5, 0.6) is 0 Å². The van der Waals surface area contributed by atoms with Crippen LogP contribution in [0.25, 0.3) is 0 Å². The average molecular weight is 392 g/mol. The summed E-state index contributed by atoms with van der Waals surface area (Å²) in [4.78, 5) is 12.7. The Hall–Kier alpha value is -1.91. The SMILES string of the molecule is CC(C)(C)C1CCCCC1NC(=O)c1ccc(S(=O)(=O)NCCC#N)cc1. The number of nitrogens with one attached hydrogen (secondary N) is 2. The predicted molar refractivity (Wildman–Crippen MR) is 105 cm³/mol. The van der Waals surface area contributed by atoms with Crippen molar-refractivity contribution >= 4 is 15.9 Å². The number of hydrogen-bond acceptors (Lipinski definition) is 4. The van der Waals surface area contributed by atoms with Gasteiger partial charge in [0, 0.05) is 24.6 Å². The van der Waals surface area contributed by atoms with Crippen molar-refractivity contribution in [1.82, 2.24) is 10.0 Å². The molecule has 0 heterocycles. The summed E-state index contributed by atoms with van der Waals surface area (Å²) in [6, 6.07) is 7.94. The zero-order valence-electron chi connectivity index (χ0n) is 16.3. The molecule has 0 bridgehead atoms. The summed E-state index contributed by atoms with van der Waals surface area (Å²) in [6.45, 7) is 6.69. The standard InChI is InChI=1S/C20H29N3O3S/c1-20(2,3)17-7-4-5-8-18(17)23-19(24)15-9-11-16(12-10-15)27(25,26)22-14-6-13-21/h9-12,17-18,22H,4-8,14H2,1-3H3,(H,23,24). The molecule has 0 saturated heterocycles. The molecule has 0 aromatic heterocycles. The third-order valence-corrected chi connectivity index (χ3v) is 6.63. The van der Waals surface area contributed by atoms with Gasteiger partial charge in [-0.05, 0) is 48.4 Å². The Morgan fingerprint density at radius 2 is 1.81 bits per heavy atom. The molecule has 1 saturated carbocycles. The normalized spacial score (nSPS) is 20.7. The van der Waals surface area contributed by atoms with E-state index in [-0.39, 0.29) is 35.2 Å². The van der Waals surface area contributed by atoms with Gasteiger partial charge >= 0.3 is 0 Å². The monoisotopic (exact) mass is 391 g/mol. The van der Waals surface area contributed by atoms with E-state index in [1.165, 1.54) is 30.7 Å². The van der Waals surface area contributed by atoms with Gasteiger partial charge < -0.3 is 5.32 Å². The van der Waals surface area contributed by atoms with Crippen LogP contribution in [0.3, 0.4) is 0 Å². The molecule has 2 atom stereocenters. The smallest absolute Gasteiger partial charge is 0.251 e. The Bertz CT molecular complexity index is 789. The molecule has 27 heavy (non-hydrogen) atoms.